The van der Waals surface area contributed by atoms with Crippen molar-refractivity contribution in [1.82, 2.24) is 25.2 Å². The first-order chi connectivity index (χ1) is 11.7. The molecule has 0 aromatic carbocycles. The standard InChI is InChI=1S/C18H23N5O/c1-14-20-8-4-17(21-14)13-23-9-5-16(6-10-23)22-18(24)11-15-3-2-7-19-12-15/h2-4,7-8,12,16H,5-6,9-11,13H2,1H3,(H,22,24). The molecule has 0 saturated carbocycles. The Labute approximate surface area is 142 Å². The van der Waals surface area contributed by atoms with Crippen molar-refractivity contribution in [1.29, 1.82) is 0 Å². The van der Waals surface area contributed by atoms with Crippen LogP contribution in [0.3, 0.4) is 0 Å². The number of amides is 1. The summed E-state index contributed by atoms with van der Waals surface area (Å²) >= 11 is 0. The van der Waals surface area contributed by atoms with E-state index >= 15 is 0 Å². The van der Waals surface area contributed by atoms with Crippen LogP contribution in [0.15, 0.2) is 36.8 Å². The molecule has 6 heteroatoms. The van der Waals surface area contributed by atoms with Crippen LogP contribution in [0.4, 0.5) is 0 Å². The molecule has 0 bridgehead atoms. The van der Waals surface area contributed by atoms with E-state index in [9.17, 15) is 4.79 Å². The van der Waals surface area contributed by atoms with E-state index in [1.165, 1.54) is 0 Å². The zero-order chi connectivity index (χ0) is 16.8. The maximum Gasteiger partial charge on any atom is 0.224 e. The van der Waals surface area contributed by atoms with Crippen LogP contribution < -0.4 is 5.32 Å². The average molecular weight is 325 g/mol. The summed E-state index contributed by atoms with van der Waals surface area (Å²) in [5, 5.41) is 3.14. The number of rotatable bonds is 5. The average Bonchev–Trinajstić information content (AvgIpc) is 2.57. The normalized spacial score (nSPS) is 16.0. The molecule has 2 aromatic rings. The topological polar surface area (TPSA) is 71.0 Å². The third-order valence-corrected chi connectivity index (χ3v) is 4.26. The van der Waals surface area contributed by atoms with Gasteiger partial charge < -0.3 is 5.32 Å². The number of aryl methyl sites for hydroxylation is 1. The molecule has 1 aliphatic heterocycles. The fourth-order valence-electron chi connectivity index (χ4n) is 3.02. The van der Waals surface area contributed by atoms with Gasteiger partial charge in [-0.05, 0) is 37.5 Å². The maximum atomic E-state index is 12.1. The minimum atomic E-state index is 0.0767. The Bertz CT molecular complexity index is 668. The molecule has 1 fully saturated rings. The lowest BCUT2D eigenvalue weighted by molar-refractivity contribution is -0.121. The number of nitrogens with one attached hydrogen (secondary N) is 1. The van der Waals surface area contributed by atoms with E-state index in [1.54, 1.807) is 12.4 Å². The molecule has 1 aliphatic rings. The lowest BCUT2D eigenvalue weighted by Gasteiger charge is -2.32. The second-order valence-corrected chi connectivity index (χ2v) is 6.25. The minimum absolute atomic E-state index is 0.0767. The molecule has 1 N–H and O–H groups in total. The molecular formula is C18H23N5O. The van der Waals surface area contributed by atoms with Gasteiger partial charge in [0.05, 0.1) is 12.1 Å². The van der Waals surface area contributed by atoms with E-state index in [0.29, 0.717) is 6.42 Å². The Morgan fingerprint density at radius 3 is 2.83 bits per heavy atom. The van der Waals surface area contributed by atoms with Gasteiger partial charge in [0.2, 0.25) is 5.91 Å². The van der Waals surface area contributed by atoms with Crippen molar-refractivity contribution in [2.75, 3.05) is 13.1 Å². The first-order valence-electron chi connectivity index (χ1n) is 8.38. The molecule has 126 valence electrons. The SMILES string of the molecule is Cc1nccc(CN2CCC(NC(=O)Cc3cccnc3)CC2)n1. The van der Waals surface area contributed by atoms with Gasteiger partial charge in [0, 0.05) is 44.3 Å². The summed E-state index contributed by atoms with van der Waals surface area (Å²) in [6.07, 6.45) is 7.62. The molecule has 1 amide bonds. The van der Waals surface area contributed by atoms with Gasteiger partial charge in [0.15, 0.2) is 0 Å². The predicted octanol–water partition coefficient (Wildman–Crippen LogP) is 1.50. The third kappa shape index (κ3) is 4.83. The van der Waals surface area contributed by atoms with Crippen molar-refractivity contribution >= 4 is 5.91 Å². The van der Waals surface area contributed by atoms with Crippen LogP contribution in [0.1, 0.15) is 29.9 Å². The highest BCUT2D eigenvalue weighted by Gasteiger charge is 2.21. The summed E-state index contributed by atoms with van der Waals surface area (Å²) in [7, 11) is 0. The molecule has 0 atom stereocenters. The zero-order valence-electron chi connectivity index (χ0n) is 14.0. The van der Waals surface area contributed by atoms with Gasteiger partial charge >= 0.3 is 0 Å². The lowest BCUT2D eigenvalue weighted by atomic mass is 10.0. The van der Waals surface area contributed by atoms with E-state index in [1.807, 2.05) is 31.3 Å². The van der Waals surface area contributed by atoms with E-state index in [-0.39, 0.29) is 11.9 Å². The largest absolute Gasteiger partial charge is 0.353 e. The monoisotopic (exact) mass is 325 g/mol. The Balaban J connectivity index is 1.42. The summed E-state index contributed by atoms with van der Waals surface area (Å²) in [6, 6.07) is 6.02. The van der Waals surface area contributed by atoms with Crippen molar-refractivity contribution in [2.45, 2.75) is 38.8 Å². The van der Waals surface area contributed by atoms with Gasteiger partial charge in [-0.2, -0.15) is 0 Å². The first-order valence-corrected chi connectivity index (χ1v) is 8.38. The second kappa shape index (κ2) is 7.97. The van der Waals surface area contributed by atoms with Crippen LogP contribution in [0.25, 0.3) is 0 Å². The van der Waals surface area contributed by atoms with Gasteiger partial charge in [-0.3, -0.25) is 14.7 Å². The fourth-order valence-corrected chi connectivity index (χ4v) is 3.02. The molecule has 24 heavy (non-hydrogen) atoms. The maximum absolute atomic E-state index is 12.1. The van der Waals surface area contributed by atoms with Crippen molar-refractivity contribution in [3.8, 4) is 0 Å². The Kier molecular flexibility index (Phi) is 5.48. The quantitative estimate of drug-likeness (QED) is 0.902. The molecule has 1 saturated heterocycles. The van der Waals surface area contributed by atoms with Gasteiger partial charge in [0.1, 0.15) is 5.82 Å². The highest BCUT2D eigenvalue weighted by atomic mass is 16.1. The highest BCUT2D eigenvalue weighted by molar-refractivity contribution is 5.78. The van der Waals surface area contributed by atoms with Crippen LogP contribution >= 0.6 is 0 Å². The Morgan fingerprint density at radius 1 is 1.29 bits per heavy atom. The van der Waals surface area contributed by atoms with Crippen LogP contribution in [-0.2, 0) is 17.8 Å². The molecule has 0 unspecified atom stereocenters. The number of aromatic nitrogens is 3. The molecule has 3 heterocycles. The number of piperidine rings is 1. The van der Waals surface area contributed by atoms with E-state index in [2.05, 4.69) is 25.2 Å². The van der Waals surface area contributed by atoms with Crippen LogP contribution in [0.5, 0.6) is 0 Å². The van der Waals surface area contributed by atoms with E-state index in [0.717, 1.165) is 49.6 Å². The van der Waals surface area contributed by atoms with Crippen molar-refractivity contribution in [3.63, 3.8) is 0 Å². The summed E-state index contributed by atoms with van der Waals surface area (Å²) < 4.78 is 0. The Hall–Kier alpha value is -2.34. The van der Waals surface area contributed by atoms with E-state index in [4.69, 9.17) is 0 Å². The van der Waals surface area contributed by atoms with Crippen LogP contribution in [0, 0.1) is 6.92 Å². The molecule has 0 radical (unpaired) electrons. The van der Waals surface area contributed by atoms with Gasteiger partial charge in [-0.15, -0.1) is 0 Å². The summed E-state index contributed by atoms with van der Waals surface area (Å²) in [6.45, 7) is 4.70. The van der Waals surface area contributed by atoms with Crippen molar-refractivity contribution < 1.29 is 4.79 Å². The predicted molar refractivity (Wildman–Crippen MR) is 91.2 cm³/mol. The lowest BCUT2D eigenvalue weighted by Crippen LogP contribution is -2.44. The van der Waals surface area contributed by atoms with Gasteiger partial charge in [-0.25, -0.2) is 9.97 Å². The second-order valence-electron chi connectivity index (χ2n) is 6.25. The number of nitrogens with zero attached hydrogens (tertiary/aromatic N) is 4. The van der Waals surface area contributed by atoms with Crippen molar-refractivity contribution in [2.24, 2.45) is 0 Å². The van der Waals surface area contributed by atoms with Crippen LogP contribution in [-0.4, -0.2) is 44.9 Å². The summed E-state index contributed by atoms with van der Waals surface area (Å²) in [5.41, 5.74) is 2.01. The highest BCUT2D eigenvalue weighted by Crippen LogP contribution is 2.13. The fraction of sp³-hybridized carbons (Fsp3) is 0.444. The summed E-state index contributed by atoms with van der Waals surface area (Å²) in [5.74, 6) is 0.887. The summed E-state index contributed by atoms with van der Waals surface area (Å²) in [4.78, 5) is 27.1. The molecule has 0 aliphatic carbocycles. The van der Waals surface area contributed by atoms with E-state index < -0.39 is 0 Å². The number of hydrogen-bond acceptors (Lipinski definition) is 5. The third-order valence-electron chi connectivity index (χ3n) is 4.26. The van der Waals surface area contributed by atoms with Crippen LogP contribution in [0.2, 0.25) is 0 Å². The minimum Gasteiger partial charge on any atom is -0.353 e. The Morgan fingerprint density at radius 2 is 2.12 bits per heavy atom. The first kappa shape index (κ1) is 16.5. The number of carbonyl (C=O) groups is 1. The number of carbonyl (C=O) groups excluding carboxylic acids is 1. The molecule has 0 spiro atoms. The molecule has 2 aromatic heterocycles. The zero-order valence-corrected chi connectivity index (χ0v) is 14.0. The number of hydrogen-bond donors (Lipinski definition) is 1. The number of pyridine rings is 1. The van der Waals surface area contributed by atoms with Crippen molar-refractivity contribution in [3.05, 3.63) is 53.9 Å². The molecule has 6 nitrogen and oxygen atoms in total. The molecular weight excluding hydrogens is 302 g/mol. The molecule has 3 rings (SSSR count). The smallest absolute Gasteiger partial charge is 0.224 e. The number of likely N-dealkylation sites (tertiary alicyclic amines) is 1. The van der Waals surface area contributed by atoms with Gasteiger partial charge in [0.25, 0.3) is 0 Å². The van der Waals surface area contributed by atoms with Gasteiger partial charge in [-0.1, -0.05) is 6.07 Å².